The molecule has 0 atom stereocenters. The van der Waals surface area contributed by atoms with Gasteiger partial charge in [-0.15, -0.1) is 0 Å². The first-order valence-corrected chi connectivity index (χ1v) is 5.25. The fraction of sp³-hybridized carbons (Fsp3) is 0.333. The molecule has 0 radical (unpaired) electrons. The lowest BCUT2D eigenvalue weighted by Gasteiger charge is -2.11. The highest BCUT2D eigenvalue weighted by Crippen LogP contribution is 2.12. The summed E-state index contributed by atoms with van der Waals surface area (Å²) in [5.41, 5.74) is 0. The molecule has 1 aromatic heterocycles. The number of halogens is 1. The van der Waals surface area contributed by atoms with Gasteiger partial charge >= 0.3 is 10.2 Å². The lowest BCUT2D eigenvalue weighted by atomic mass is 10.7. The summed E-state index contributed by atoms with van der Waals surface area (Å²) in [5.74, 6) is -0.260. The number of rotatable bonds is 2. The molecule has 1 heterocycles. The van der Waals surface area contributed by atoms with E-state index in [1.807, 2.05) is 0 Å². The average Bonchev–Trinajstić information content (AvgIpc) is 2.46. The zero-order valence-electron chi connectivity index (χ0n) is 7.47. The highest BCUT2D eigenvalue weighted by Gasteiger charge is 2.21. The molecular weight excluding hydrogens is 228 g/mol. The summed E-state index contributed by atoms with van der Waals surface area (Å²) in [7, 11) is -1.02. The van der Waals surface area contributed by atoms with Crippen LogP contribution in [-0.2, 0) is 10.2 Å². The van der Waals surface area contributed by atoms with Gasteiger partial charge in [-0.05, 0) is 0 Å². The van der Waals surface area contributed by atoms with Gasteiger partial charge in [0.15, 0.2) is 0 Å². The Bertz CT molecular complexity index is 484. The van der Waals surface area contributed by atoms with Gasteiger partial charge in [0.05, 0.1) is 6.20 Å². The third kappa shape index (κ3) is 1.72. The Labute approximate surface area is 86.5 Å². The zero-order chi connectivity index (χ0) is 10.9. The molecule has 0 saturated heterocycles. The summed E-state index contributed by atoms with van der Waals surface area (Å²) in [5, 5.41) is 8.57. The van der Waals surface area contributed by atoms with E-state index in [9.17, 15) is 8.42 Å². The third-order valence-electron chi connectivity index (χ3n) is 1.46. The number of nitriles is 1. The van der Waals surface area contributed by atoms with Crippen LogP contribution in [0, 0.1) is 11.3 Å². The van der Waals surface area contributed by atoms with Crippen molar-refractivity contribution in [3.05, 3.63) is 17.2 Å². The Morgan fingerprint density at radius 3 is 2.64 bits per heavy atom. The summed E-state index contributed by atoms with van der Waals surface area (Å²) in [6, 6.07) is 1.64. The Morgan fingerprint density at radius 1 is 1.64 bits per heavy atom. The second-order valence-electron chi connectivity index (χ2n) is 2.59. The van der Waals surface area contributed by atoms with Gasteiger partial charge < -0.3 is 0 Å². The topological polar surface area (TPSA) is 79.0 Å². The van der Waals surface area contributed by atoms with Crippen LogP contribution >= 0.6 is 11.6 Å². The summed E-state index contributed by atoms with van der Waals surface area (Å²) >= 11 is 5.49. The van der Waals surface area contributed by atoms with Gasteiger partial charge in [0.2, 0.25) is 5.82 Å². The van der Waals surface area contributed by atoms with Crippen molar-refractivity contribution in [1.29, 1.82) is 5.26 Å². The molecule has 0 N–H and O–H groups in total. The van der Waals surface area contributed by atoms with Crippen molar-refractivity contribution in [1.82, 2.24) is 13.3 Å². The molecule has 0 bridgehead atoms. The molecule has 8 heteroatoms. The number of nitrogens with zero attached hydrogens (tertiary/aromatic N) is 4. The standard InChI is InChI=1S/C6H7ClN4O2S/c1-10(2)14(12,13)11-4-5(7)9-6(11)3-8/h4H,1-2H3. The number of imidazole rings is 1. The maximum absolute atomic E-state index is 11.6. The molecule has 14 heavy (non-hydrogen) atoms. The van der Waals surface area contributed by atoms with E-state index in [-0.39, 0.29) is 11.0 Å². The molecule has 0 aliphatic rings. The van der Waals surface area contributed by atoms with Gasteiger partial charge in [-0.2, -0.15) is 18.0 Å². The molecule has 0 spiro atoms. The van der Waals surface area contributed by atoms with Crippen molar-refractivity contribution < 1.29 is 8.42 Å². The maximum Gasteiger partial charge on any atom is 0.309 e. The van der Waals surface area contributed by atoms with Crippen molar-refractivity contribution in [2.75, 3.05) is 14.1 Å². The van der Waals surface area contributed by atoms with Crippen LogP contribution in [-0.4, -0.2) is 35.8 Å². The molecule has 0 amide bonds. The van der Waals surface area contributed by atoms with Crippen molar-refractivity contribution in [3.63, 3.8) is 0 Å². The second kappa shape index (κ2) is 3.57. The van der Waals surface area contributed by atoms with Gasteiger partial charge in [0.25, 0.3) is 0 Å². The lowest BCUT2D eigenvalue weighted by molar-refractivity contribution is 0.510. The molecule has 76 valence electrons. The van der Waals surface area contributed by atoms with Crippen molar-refractivity contribution >= 4 is 21.8 Å². The lowest BCUT2D eigenvalue weighted by Crippen LogP contribution is -2.29. The van der Waals surface area contributed by atoms with Crippen molar-refractivity contribution in [2.24, 2.45) is 0 Å². The molecule has 0 aliphatic heterocycles. The quantitative estimate of drug-likeness (QED) is 0.725. The summed E-state index contributed by atoms with van der Waals surface area (Å²) in [6.45, 7) is 0. The molecule has 6 nitrogen and oxygen atoms in total. The monoisotopic (exact) mass is 234 g/mol. The van der Waals surface area contributed by atoms with Crippen LogP contribution in [0.4, 0.5) is 0 Å². The number of hydrogen-bond acceptors (Lipinski definition) is 4. The van der Waals surface area contributed by atoms with Crippen LogP contribution in [0.3, 0.4) is 0 Å². The summed E-state index contributed by atoms with van der Waals surface area (Å²) in [4.78, 5) is 3.54. The minimum Gasteiger partial charge on any atom is -0.206 e. The Hall–Kier alpha value is -1.10. The van der Waals surface area contributed by atoms with Crippen molar-refractivity contribution in [2.45, 2.75) is 0 Å². The number of aromatic nitrogens is 2. The first-order valence-electron chi connectivity index (χ1n) is 3.47. The first-order chi connectivity index (χ1) is 6.39. The first kappa shape index (κ1) is 11.0. The Kier molecular flexibility index (Phi) is 2.80. The molecule has 0 aliphatic carbocycles. The predicted molar refractivity (Wildman–Crippen MR) is 50.0 cm³/mol. The number of hydrogen-bond donors (Lipinski definition) is 0. The molecule has 1 aromatic rings. The summed E-state index contributed by atoms with van der Waals surface area (Å²) < 4.78 is 24.8. The zero-order valence-corrected chi connectivity index (χ0v) is 9.04. The van der Waals surface area contributed by atoms with Crippen LogP contribution in [0.15, 0.2) is 6.20 Å². The van der Waals surface area contributed by atoms with E-state index in [0.29, 0.717) is 0 Å². The van der Waals surface area contributed by atoms with Gasteiger partial charge in [-0.3, -0.25) is 0 Å². The van der Waals surface area contributed by atoms with Gasteiger partial charge in [0, 0.05) is 14.1 Å². The van der Waals surface area contributed by atoms with E-state index in [2.05, 4.69) is 4.98 Å². The maximum atomic E-state index is 11.6. The molecule has 0 unspecified atom stereocenters. The van der Waals surface area contributed by atoms with E-state index in [1.165, 1.54) is 14.1 Å². The fourth-order valence-electron chi connectivity index (χ4n) is 0.763. The van der Waals surface area contributed by atoms with Crippen LogP contribution in [0.5, 0.6) is 0 Å². The highest BCUT2D eigenvalue weighted by atomic mass is 35.5. The van der Waals surface area contributed by atoms with E-state index in [1.54, 1.807) is 6.07 Å². The van der Waals surface area contributed by atoms with Crippen molar-refractivity contribution in [3.8, 4) is 6.07 Å². The molecule has 0 fully saturated rings. The Morgan fingerprint density at radius 2 is 2.21 bits per heavy atom. The van der Waals surface area contributed by atoms with Crippen LogP contribution < -0.4 is 0 Å². The Balaban J connectivity index is 3.41. The van der Waals surface area contributed by atoms with Gasteiger partial charge in [-0.1, -0.05) is 11.6 Å². The molecule has 0 saturated carbocycles. The van der Waals surface area contributed by atoms with Crippen LogP contribution in [0.2, 0.25) is 5.15 Å². The second-order valence-corrected chi connectivity index (χ2v) is 4.99. The minimum absolute atomic E-state index is 0.0352. The molecular formula is C6H7ClN4O2S. The average molecular weight is 235 g/mol. The summed E-state index contributed by atoms with van der Waals surface area (Å²) in [6.07, 6.45) is 1.08. The molecule has 1 rings (SSSR count). The van der Waals surface area contributed by atoms with E-state index < -0.39 is 10.2 Å². The SMILES string of the molecule is CN(C)S(=O)(=O)n1cc(Cl)nc1C#N. The van der Waals surface area contributed by atoms with E-state index in [4.69, 9.17) is 16.9 Å². The fourth-order valence-corrected chi connectivity index (χ4v) is 1.88. The van der Waals surface area contributed by atoms with E-state index in [0.717, 1.165) is 14.5 Å². The smallest absolute Gasteiger partial charge is 0.206 e. The predicted octanol–water partition coefficient (Wildman–Crippen LogP) is 0.0627. The molecule has 0 aromatic carbocycles. The van der Waals surface area contributed by atoms with Gasteiger partial charge in [0.1, 0.15) is 11.2 Å². The largest absolute Gasteiger partial charge is 0.309 e. The highest BCUT2D eigenvalue weighted by molar-refractivity contribution is 7.87. The third-order valence-corrected chi connectivity index (χ3v) is 3.34. The van der Waals surface area contributed by atoms with Crippen LogP contribution in [0.25, 0.3) is 0 Å². The minimum atomic E-state index is -3.72. The van der Waals surface area contributed by atoms with Gasteiger partial charge in [-0.25, -0.2) is 8.96 Å². The normalized spacial score (nSPS) is 11.6. The van der Waals surface area contributed by atoms with Crippen LogP contribution in [0.1, 0.15) is 5.82 Å². The van der Waals surface area contributed by atoms with E-state index >= 15 is 0 Å².